The molecule has 0 unspecified atom stereocenters. The van der Waals surface area contributed by atoms with Crippen LogP contribution in [0.4, 0.5) is 0 Å². The summed E-state index contributed by atoms with van der Waals surface area (Å²) in [6, 6.07) is 6.59. The Morgan fingerprint density at radius 2 is 2.26 bits per heavy atom. The molecular formula is C15H21NO3. The van der Waals surface area contributed by atoms with Gasteiger partial charge in [-0.05, 0) is 36.5 Å². The molecule has 1 saturated carbocycles. The lowest BCUT2D eigenvalue weighted by atomic mass is 9.70. The van der Waals surface area contributed by atoms with Gasteiger partial charge in [0, 0.05) is 13.1 Å². The van der Waals surface area contributed by atoms with Gasteiger partial charge in [-0.2, -0.15) is 0 Å². The zero-order valence-electron chi connectivity index (χ0n) is 11.3. The minimum Gasteiger partial charge on any atom is -0.492 e. The van der Waals surface area contributed by atoms with Crippen molar-refractivity contribution >= 4 is 5.97 Å². The molecule has 19 heavy (non-hydrogen) atoms. The van der Waals surface area contributed by atoms with Crippen LogP contribution in [0.3, 0.4) is 0 Å². The fraction of sp³-hybridized carbons (Fsp3) is 0.533. The smallest absolute Gasteiger partial charge is 0.335 e. The maximum absolute atomic E-state index is 10.8. The summed E-state index contributed by atoms with van der Waals surface area (Å²) in [7, 11) is 0. The average Bonchev–Trinajstić information content (AvgIpc) is 2.36. The molecule has 1 aliphatic rings. The van der Waals surface area contributed by atoms with Crippen LogP contribution in [0.2, 0.25) is 0 Å². The van der Waals surface area contributed by atoms with E-state index in [0.717, 1.165) is 13.1 Å². The van der Waals surface area contributed by atoms with Gasteiger partial charge in [0.05, 0.1) is 5.56 Å². The molecule has 1 aromatic rings. The van der Waals surface area contributed by atoms with Crippen LogP contribution in [0.5, 0.6) is 5.75 Å². The molecule has 0 saturated heterocycles. The van der Waals surface area contributed by atoms with Gasteiger partial charge in [0.2, 0.25) is 0 Å². The first-order chi connectivity index (χ1) is 9.09. The number of benzene rings is 1. The number of rotatable bonds is 7. The maximum Gasteiger partial charge on any atom is 0.335 e. The van der Waals surface area contributed by atoms with E-state index in [1.165, 1.54) is 19.3 Å². The predicted molar refractivity (Wildman–Crippen MR) is 73.7 cm³/mol. The summed E-state index contributed by atoms with van der Waals surface area (Å²) in [6.07, 6.45) is 3.96. The Morgan fingerprint density at radius 3 is 2.89 bits per heavy atom. The van der Waals surface area contributed by atoms with Crippen LogP contribution in [0.15, 0.2) is 24.3 Å². The number of nitrogens with one attached hydrogen (secondary N) is 1. The van der Waals surface area contributed by atoms with Gasteiger partial charge in [0.1, 0.15) is 12.4 Å². The molecule has 4 nitrogen and oxygen atoms in total. The summed E-state index contributed by atoms with van der Waals surface area (Å²) < 4.78 is 5.54. The van der Waals surface area contributed by atoms with Crippen LogP contribution in [-0.4, -0.2) is 30.8 Å². The number of carboxylic acid groups (broad SMARTS) is 1. The largest absolute Gasteiger partial charge is 0.492 e. The molecule has 4 heteroatoms. The lowest BCUT2D eigenvalue weighted by molar-refractivity contribution is 0.0696. The van der Waals surface area contributed by atoms with Crippen LogP contribution in [0, 0.1) is 5.41 Å². The Kier molecular flexibility index (Phi) is 4.43. The van der Waals surface area contributed by atoms with Gasteiger partial charge in [0.15, 0.2) is 0 Å². The SMILES string of the molecule is CC1(CNCCOc2cccc(C(=O)O)c2)CCC1. The quantitative estimate of drug-likeness (QED) is 0.742. The molecule has 0 aliphatic heterocycles. The van der Waals surface area contributed by atoms with E-state index in [4.69, 9.17) is 9.84 Å². The normalized spacial score (nSPS) is 16.7. The Bertz CT molecular complexity index is 441. The molecule has 0 atom stereocenters. The van der Waals surface area contributed by atoms with Gasteiger partial charge in [-0.1, -0.05) is 19.4 Å². The zero-order valence-corrected chi connectivity index (χ0v) is 11.3. The van der Waals surface area contributed by atoms with E-state index in [9.17, 15) is 4.79 Å². The Morgan fingerprint density at radius 1 is 1.47 bits per heavy atom. The molecule has 0 radical (unpaired) electrons. The highest BCUT2D eigenvalue weighted by atomic mass is 16.5. The highest BCUT2D eigenvalue weighted by Crippen LogP contribution is 2.39. The minimum absolute atomic E-state index is 0.257. The topological polar surface area (TPSA) is 58.6 Å². The molecule has 0 bridgehead atoms. The van der Waals surface area contributed by atoms with Crippen molar-refractivity contribution in [3.05, 3.63) is 29.8 Å². The van der Waals surface area contributed by atoms with Crippen LogP contribution in [0.1, 0.15) is 36.5 Å². The van der Waals surface area contributed by atoms with E-state index in [0.29, 0.717) is 17.8 Å². The third kappa shape index (κ3) is 3.96. The van der Waals surface area contributed by atoms with E-state index < -0.39 is 5.97 Å². The average molecular weight is 263 g/mol. The van der Waals surface area contributed by atoms with Crippen molar-refractivity contribution < 1.29 is 14.6 Å². The summed E-state index contributed by atoms with van der Waals surface area (Å²) in [4.78, 5) is 10.8. The van der Waals surface area contributed by atoms with E-state index in [-0.39, 0.29) is 5.56 Å². The van der Waals surface area contributed by atoms with Crippen LogP contribution >= 0.6 is 0 Å². The molecule has 0 amide bonds. The van der Waals surface area contributed by atoms with Crippen LogP contribution < -0.4 is 10.1 Å². The summed E-state index contributed by atoms with van der Waals surface area (Å²) in [6.45, 7) is 4.68. The van der Waals surface area contributed by atoms with Crippen molar-refractivity contribution in [1.82, 2.24) is 5.32 Å². The second kappa shape index (κ2) is 6.06. The first-order valence-corrected chi connectivity index (χ1v) is 6.76. The fourth-order valence-corrected chi connectivity index (χ4v) is 2.31. The molecule has 0 heterocycles. The van der Waals surface area contributed by atoms with Gasteiger partial charge >= 0.3 is 5.97 Å². The van der Waals surface area contributed by atoms with Crippen LogP contribution in [0.25, 0.3) is 0 Å². The first-order valence-electron chi connectivity index (χ1n) is 6.76. The number of hydrogen-bond donors (Lipinski definition) is 2. The van der Waals surface area contributed by atoms with E-state index >= 15 is 0 Å². The third-order valence-electron chi connectivity index (χ3n) is 3.74. The second-order valence-electron chi connectivity index (χ2n) is 5.52. The standard InChI is InChI=1S/C15H21NO3/c1-15(6-3-7-15)11-16-8-9-19-13-5-2-4-12(10-13)14(17)18/h2,4-5,10,16H,3,6-9,11H2,1H3,(H,17,18). The number of ether oxygens (including phenoxy) is 1. The molecular weight excluding hydrogens is 242 g/mol. The van der Waals surface area contributed by atoms with Crippen molar-refractivity contribution in [3.8, 4) is 5.75 Å². The first kappa shape index (κ1) is 13.9. The van der Waals surface area contributed by atoms with Gasteiger partial charge < -0.3 is 15.2 Å². The number of hydrogen-bond acceptors (Lipinski definition) is 3. The number of carbonyl (C=O) groups is 1. The lowest BCUT2D eigenvalue weighted by Crippen LogP contribution is -2.38. The minimum atomic E-state index is -0.929. The predicted octanol–water partition coefficient (Wildman–Crippen LogP) is 2.54. The molecule has 1 aromatic carbocycles. The highest BCUT2D eigenvalue weighted by molar-refractivity contribution is 5.87. The maximum atomic E-state index is 10.8. The van der Waals surface area contributed by atoms with E-state index in [1.54, 1.807) is 24.3 Å². The molecule has 1 fully saturated rings. The molecule has 1 aliphatic carbocycles. The Labute approximate surface area is 113 Å². The van der Waals surface area contributed by atoms with Crippen molar-refractivity contribution in [2.45, 2.75) is 26.2 Å². The van der Waals surface area contributed by atoms with Crippen molar-refractivity contribution in [2.24, 2.45) is 5.41 Å². The third-order valence-corrected chi connectivity index (χ3v) is 3.74. The van der Waals surface area contributed by atoms with Gasteiger partial charge in [-0.25, -0.2) is 4.79 Å². The summed E-state index contributed by atoms with van der Waals surface area (Å²) in [5, 5.41) is 12.3. The summed E-state index contributed by atoms with van der Waals surface area (Å²) in [5.74, 6) is -0.321. The van der Waals surface area contributed by atoms with Crippen molar-refractivity contribution in [1.29, 1.82) is 0 Å². The van der Waals surface area contributed by atoms with Gasteiger partial charge in [-0.3, -0.25) is 0 Å². The summed E-state index contributed by atoms with van der Waals surface area (Å²) >= 11 is 0. The molecule has 2 N–H and O–H groups in total. The number of carboxylic acids is 1. The number of aromatic carboxylic acids is 1. The Balaban J connectivity index is 1.67. The molecule has 2 rings (SSSR count). The summed E-state index contributed by atoms with van der Waals surface area (Å²) in [5.41, 5.74) is 0.732. The van der Waals surface area contributed by atoms with Crippen molar-refractivity contribution in [3.63, 3.8) is 0 Å². The zero-order chi connectivity index (χ0) is 13.7. The second-order valence-corrected chi connectivity index (χ2v) is 5.52. The van der Waals surface area contributed by atoms with Gasteiger partial charge in [0.25, 0.3) is 0 Å². The highest BCUT2D eigenvalue weighted by Gasteiger charge is 2.30. The lowest BCUT2D eigenvalue weighted by Gasteiger charge is -2.38. The van der Waals surface area contributed by atoms with Crippen molar-refractivity contribution in [2.75, 3.05) is 19.7 Å². The molecule has 104 valence electrons. The molecule has 0 aromatic heterocycles. The van der Waals surface area contributed by atoms with Crippen LogP contribution in [-0.2, 0) is 0 Å². The Hall–Kier alpha value is -1.55. The van der Waals surface area contributed by atoms with E-state index in [1.807, 2.05) is 0 Å². The van der Waals surface area contributed by atoms with E-state index in [2.05, 4.69) is 12.2 Å². The van der Waals surface area contributed by atoms with Gasteiger partial charge in [-0.15, -0.1) is 0 Å². The monoisotopic (exact) mass is 263 g/mol. The molecule has 0 spiro atoms. The fourth-order valence-electron chi connectivity index (χ4n) is 2.31.